The molecule has 0 radical (unpaired) electrons. The summed E-state index contributed by atoms with van der Waals surface area (Å²) < 4.78 is 1.41. The van der Waals surface area contributed by atoms with Gasteiger partial charge in [-0.2, -0.15) is 0 Å². The van der Waals surface area contributed by atoms with E-state index in [1.165, 1.54) is 23.5 Å². The highest BCUT2D eigenvalue weighted by molar-refractivity contribution is 6.30. The Morgan fingerprint density at radius 1 is 1.07 bits per heavy atom. The van der Waals surface area contributed by atoms with Gasteiger partial charge in [0, 0.05) is 43.8 Å². The monoisotopic (exact) mass is 414 g/mol. The number of hydrogen-bond acceptors (Lipinski definition) is 4. The second kappa shape index (κ2) is 8.39. The summed E-state index contributed by atoms with van der Waals surface area (Å²) in [6.07, 6.45) is 2.41. The Morgan fingerprint density at radius 3 is 2.55 bits per heavy atom. The van der Waals surface area contributed by atoms with Crippen molar-refractivity contribution < 1.29 is 9.59 Å². The molecular formula is C21H23ClN4O3. The van der Waals surface area contributed by atoms with Crippen molar-refractivity contribution in [3.05, 3.63) is 68.6 Å². The molecule has 2 aliphatic rings. The molecule has 1 aromatic heterocycles. The third-order valence-corrected chi connectivity index (χ3v) is 5.53. The Hall–Kier alpha value is -2.64. The zero-order valence-corrected chi connectivity index (χ0v) is 16.7. The molecule has 0 saturated heterocycles. The number of fused-ring (bicyclic) bond motifs is 1. The highest BCUT2D eigenvalue weighted by Crippen LogP contribution is 2.18. The fraction of sp³-hybridized carbons (Fsp3) is 0.381. The summed E-state index contributed by atoms with van der Waals surface area (Å²) in [6, 6.07) is 10.7. The van der Waals surface area contributed by atoms with Gasteiger partial charge < -0.3 is 20.1 Å². The number of nitrogens with zero attached hydrogens (tertiary/aromatic N) is 2. The molecular weight excluding hydrogens is 392 g/mol. The molecule has 8 heteroatoms. The fourth-order valence-corrected chi connectivity index (χ4v) is 3.55. The van der Waals surface area contributed by atoms with Gasteiger partial charge in [0.05, 0.1) is 0 Å². The standard InChI is InChI=1S/C21H23ClN4O3/c22-15-3-1-14(2-4-15)13-24-19(27)17-7-8-18-21(29)25(10-9-23-16-5-6-16)11-12-26(18)20(17)28/h1-4,7-8,16,23H,5-6,9-13H2,(H,24,27). The molecule has 7 nitrogen and oxygen atoms in total. The topological polar surface area (TPSA) is 83.4 Å². The van der Waals surface area contributed by atoms with E-state index in [1.54, 1.807) is 23.1 Å². The van der Waals surface area contributed by atoms with Crippen molar-refractivity contribution in [1.29, 1.82) is 0 Å². The quantitative estimate of drug-likeness (QED) is 0.721. The van der Waals surface area contributed by atoms with E-state index >= 15 is 0 Å². The van der Waals surface area contributed by atoms with Crippen molar-refractivity contribution in [1.82, 2.24) is 20.1 Å². The SMILES string of the molecule is O=C(NCc1ccc(Cl)cc1)c1ccc2n(c1=O)CCN(CCNC1CC1)C2=O. The van der Waals surface area contributed by atoms with Crippen molar-refractivity contribution >= 4 is 23.4 Å². The molecule has 29 heavy (non-hydrogen) atoms. The van der Waals surface area contributed by atoms with Crippen LogP contribution in [0.1, 0.15) is 39.3 Å². The average molecular weight is 415 g/mol. The molecule has 0 spiro atoms. The van der Waals surface area contributed by atoms with E-state index < -0.39 is 11.5 Å². The van der Waals surface area contributed by atoms with Crippen molar-refractivity contribution in [2.45, 2.75) is 32.0 Å². The van der Waals surface area contributed by atoms with Crippen LogP contribution in [0.4, 0.5) is 0 Å². The van der Waals surface area contributed by atoms with Crippen molar-refractivity contribution in [3.63, 3.8) is 0 Å². The summed E-state index contributed by atoms with van der Waals surface area (Å²) in [4.78, 5) is 39.7. The zero-order valence-electron chi connectivity index (χ0n) is 16.0. The number of nitrogens with one attached hydrogen (secondary N) is 2. The van der Waals surface area contributed by atoms with E-state index in [4.69, 9.17) is 11.6 Å². The maximum absolute atomic E-state index is 12.8. The maximum atomic E-state index is 12.8. The first kappa shape index (κ1) is 19.7. The van der Waals surface area contributed by atoms with Crippen LogP contribution in [0, 0.1) is 0 Å². The molecule has 2 N–H and O–H groups in total. The summed E-state index contributed by atoms with van der Waals surface area (Å²) in [5.41, 5.74) is 0.827. The van der Waals surface area contributed by atoms with Gasteiger partial charge in [0.25, 0.3) is 17.4 Å². The normalized spacial score (nSPS) is 15.9. The molecule has 1 fully saturated rings. The molecule has 2 aromatic rings. The van der Waals surface area contributed by atoms with Crippen LogP contribution >= 0.6 is 11.6 Å². The molecule has 0 atom stereocenters. The van der Waals surface area contributed by atoms with Crippen LogP contribution in [-0.4, -0.2) is 47.0 Å². The van der Waals surface area contributed by atoms with E-state index in [2.05, 4.69) is 10.6 Å². The van der Waals surface area contributed by atoms with Gasteiger partial charge in [-0.15, -0.1) is 0 Å². The van der Waals surface area contributed by atoms with Gasteiger partial charge in [0.15, 0.2) is 0 Å². The second-order valence-corrected chi connectivity index (χ2v) is 7.86. The van der Waals surface area contributed by atoms with Crippen molar-refractivity contribution in [3.8, 4) is 0 Å². The largest absolute Gasteiger partial charge is 0.348 e. The Balaban J connectivity index is 1.42. The molecule has 0 bridgehead atoms. The zero-order chi connectivity index (χ0) is 20.4. The second-order valence-electron chi connectivity index (χ2n) is 7.42. The number of carbonyl (C=O) groups excluding carboxylic acids is 2. The van der Waals surface area contributed by atoms with Gasteiger partial charge in [-0.05, 0) is 42.7 Å². The van der Waals surface area contributed by atoms with E-state index in [1.807, 2.05) is 12.1 Å². The van der Waals surface area contributed by atoms with Gasteiger partial charge in [0.1, 0.15) is 11.3 Å². The first-order valence-electron chi connectivity index (χ1n) is 9.82. The van der Waals surface area contributed by atoms with E-state index in [0.29, 0.717) is 36.4 Å². The lowest BCUT2D eigenvalue weighted by molar-refractivity contribution is 0.0700. The fourth-order valence-electron chi connectivity index (χ4n) is 3.43. The van der Waals surface area contributed by atoms with Crippen LogP contribution in [0.2, 0.25) is 5.02 Å². The third kappa shape index (κ3) is 4.52. The molecule has 1 aromatic carbocycles. The number of carbonyl (C=O) groups is 2. The number of halogens is 1. The lowest BCUT2D eigenvalue weighted by Gasteiger charge is -2.29. The van der Waals surface area contributed by atoms with Crippen LogP contribution in [0.3, 0.4) is 0 Å². The lowest BCUT2D eigenvalue weighted by Crippen LogP contribution is -2.47. The van der Waals surface area contributed by atoms with E-state index in [-0.39, 0.29) is 18.0 Å². The number of amides is 2. The summed E-state index contributed by atoms with van der Waals surface area (Å²) in [6.45, 7) is 2.52. The Bertz CT molecular complexity index is 982. The maximum Gasteiger partial charge on any atom is 0.270 e. The molecule has 2 amide bonds. The Morgan fingerprint density at radius 2 is 1.83 bits per heavy atom. The van der Waals surface area contributed by atoms with Crippen molar-refractivity contribution in [2.24, 2.45) is 0 Å². The van der Waals surface area contributed by atoms with Crippen LogP contribution < -0.4 is 16.2 Å². The summed E-state index contributed by atoms with van der Waals surface area (Å²) in [5.74, 6) is -0.622. The highest BCUT2D eigenvalue weighted by atomic mass is 35.5. The Labute approximate surface area is 173 Å². The molecule has 1 saturated carbocycles. The van der Waals surface area contributed by atoms with Gasteiger partial charge >= 0.3 is 0 Å². The first-order chi connectivity index (χ1) is 14.0. The Kier molecular flexibility index (Phi) is 5.69. The van der Waals surface area contributed by atoms with Gasteiger partial charge in [0.2, 0.25) is 0 Å². The minimum absolute atomic E-state index is 0.0411. The van der Waals surface area contributed by atoms with Crippen molar-refractivity contribution in [2.75, 3.05) is 19.6 Å². The smallest absolute Gasteiger partial charge is 0.270 e. The predicted molar refractivity (Wildman–Crippen MR) is 110 cm³/mol. The minimum atomic E-state index is -0.455. The number of aromatic nitrogens is 1. The highest BCUT2D eigenvalue weighted by Gasteiger charge is 2.27. The first-order valence-corrected chi connectivity index (χ1v) is 10.2. The summed E-state index contributed by atoms with van der Waals surface area (Å²) in [5, 5.41) is 6.76. The van der Waals surface area contributed by atoms with Crippen LogP contribution in [0.25, 0.3) is 0 Å². The van der Waals surface area contributed by atoms with Crippen LogP contribution in [-0.2, 0) is 13.1 Å². The summed E-state index contributed by atoms with van der Waals surface area (Å²) in [7, 11) is 0. The van der Waals surface area contributed by atoms with Gasteiger partial charge in [-0.25, -0.2) is 0 Å². The van der Waals surface area contributed by atoms with Crippen LogP contribution in [0.15, 0.2) is 41.2 Å². The van der Waals surface area contributed by atoms with Gasteiger partial charge in [-0.1, -0.05) is 23.7 Å². The van der Waals surface area contributed by atoms with E-state index in [9.17, 15) is 14.4 Å². The average Bonchev–Trinajstić information content (AvgIpc) is 3.54. The minimum Gasteiger partial charge on any atom is -0.348 e. The molecule has 1 aliphatic carbocycles. The van der Waals surface area contributed by atoms with Gasteiger partial charge in [-0.3, -0.25) is 14.4 Å². The molecule has 2 heterocycles. The predicted octanol–water partition coefficient (Wildman–Crippen LogP) is 1.64. The third-order valence-electron chi connectivity index (χ3n) is 5.28. The molecule has 0 unspecified atom stereocenters. The van der Waals surface area contributed by atoms with Crippen LogP contribution in [0.5, 0.6) is 0 Å². The molecule has 1 aliphatic heterocycles. The number of pyridine rings is 1. The lowest BCUT2D eigenvalue weighted by atomic mass is 10.1. The number of benzene rings is 1. The molecule has 152 valence electrons. The summed E-state index contributed by atoms with van der Waals surface area (Å²) >= 11 is 5.86. The molecule has 4 rings (SSSR count). The number of rotatable bonds is 7. The van der Waals surface area contributed by atoms with E-state index in [0.717, 1.165) is 12.1 Å². The number of hydrogen-bond donors (Lipinski definition) is 2.